The molecule has 25 heavy (non-hydrogen) atoms. The molecule has 0 unspecified atom stereocenters. The van der Waals surface area contributed by atoms with Crippen molar-refractivity contribution in [2.45, 2.75) is 26.3 Å². The Morgan fingerprint density at radius 3 is 2.76 bits per heavy atom. The highest BCUT2D eigenvalue weighted by molar-refractivity contribution is 5.92. The van der Waals surface area contributed by atoms with Crippen LogP contribution in [0.5, 0.6) is 5.88 Å². The number of benzene rings is 1. The smallest absolute Gasteiger partial charge is 0.312 e. The van der Waals surface area contributed by atoms with Gasteiger partial charge in [0.1, 0.15) is 5.69 Å². The maximum Gasteiger partial charge on any atom is 0.312 e. The Morgan fingerprint density at radius 2 is 2.08 bits per heavy atom. The largest absolute Gasteiger partial charge is 0.476 e. The van der Waals surface area contributed by atoms with Crippen LogP contribution in [0, 0.1) is 6.92 Å². The summed E-state index contributed by atoms with van der Waals surface area (Å²) in [6.07, 6.45) is 1.62. The van der Waals surface area contributed by atoms with Gasteiger partial charge in [0.05, 0.1) is 19.1 Å². The van der Waals surface area contributed by atoms with Gasteiger partial charge in [-0.3, -0.25) is 4.79 Å². The zero-order valence-electron chi connectivity index (χ0n) is 14.3. The standard InChI is InChI=1S/C18H22N4O3/c1-3-25-17-14(8-5-9-20-17)21-16(23)11-15(22-18(19)24)13-7-4-6-12(2)10-13/h4-10,15H,3,11H2,1-2H3,(H,21,23)(H3,19,22,24)/t15-/m0/s1. The van der Waals surface area contributed by atoms with Gasteiger partial charge < -0.3 is 21.1 Å². The van der Waals surface area contributed by atoms with Crippen LogP contribution in [-0.4, -0.2) is 23.5 Å². The van der Waals surface area contributed by atoms with Gasteiger partial charge in [-0.2, -0.15) is 0 Å². The van der Waals surface area contributed by atoms with E-state index in [1.165, 1.54) is 0 Å². The molecule has 0 fully saturated rings. The lowest BCUT2D eigenvalue weighted by molar-refractivity contribution is -0.116. The number of carbonyl (C=O) groups is 2. The number of ether oxygens (including phenoxy) is 1. The van der Waals surface area contributed by atoms with E-state index in [0.717, 1.165) is 11.1 Å². The van der Waals surface area contributed by atoms with Crippen molar-refractivity contribution in [1.29, 1.82) is 0 Å². The molecule has 0 spiro atoms. The molecule has 0 aliphatic carbocycles. The first-order valence-electron chi connectivity index (χ1n) is 7.99. The first kappa shape index (κ1) is 18.3. The van der Waals surface area contributed by atoms with Crippen LogP contribution < -0.4 is 21.1 Å². The second-order valence-corrected chi connectivity index (χ2v) is 5.52. The van der Waals surface area contributed by atoms with E-state index in [4.69, 9.17) is 10.5 Å². The normalized spacial score (nSPS) is 11.4. The number of pyridine rings is 1. The van der Waals surface area contributed by atoms with Crippen molar-refractivity contribution >= 4 is 17.6 Å². The number of amides is 3. The molecule has 7 nitrogen and oxygen atoms in total. The van der Waals surface area contributed by atoms with Crippen molar-refractivity contribution in [1.82, 2.24) is 10.3 Å². The third-order valence-electron chi connectivity index (χ3n) is 3.48. The van der Waals surface area contributed by atoms with Gasteiger partial charge in [-0.25, -0.2) is 9.78 Å². The van der Waals surface area contributed by atoms with Crippen molar-refractivity contribution in [2.24, 2.45) is 5.73 Å². The number of nitrogens with one attached hydrogen (secondary N) is 2. The van der Waals surface area contributed by atoms with Crippen molar-refractivity contribution in [2.75, 3.05) is 11.9 Å². The maximum atomic E-state index is 12.4. The van der Waals surface area contributed by atoms with Crippen molar-refractivity contribution in [3.63, 3.8) is 0 Å². The van der Waals surface area contributed by atoms with Gasteiger partial charge in [-0.05, 0) is 31.5 Å². The van der Waals surface area contributed by atoms with Crippen molar-refractivity contribution < 1.29 is 14.3 Å². The summed E-state index contributed by atoms with van der Waals surface area (Å²) in [5, 5.41) is 5.38. The van der Waals surface area contributed by atoms with E-state index in [1.807, 2.05) is 38.1 Å². The number of nitrogens with zero attached hydrogens (tertiary/aromatic N) is 1. The summed E-state index contributed by atoms with van der Waals surface area (Å²) in [5.41, 5.74) is 7.57. The highest BCUT2D eigenvalue weighted by Crippen LogP contribution is 2.23. The number of nitrogens with two attached hydrogens (primary N) is 1. The van der Waals surface area contributed by atoms with Gasteiger partial charge in [-0.15, -0.1) is 0 Å². The Balaban J connectivity index is 2.13. The first-order valence-corrected chi connectivity index (χ1v) is 7.99. The fourth-order valence-corrected chi connectivity index (χ4v) is 2.44. The van der Waals surface area contributed by atoms with Crippen LogP contribution in [0.3, 0.4) is 0 Å². The number of carbonyl (C=O) groups excluding carboxylic acids is 2. The molecule has 2 rings (SSSR count). The predicted molar refractivity (Wildman–Crippen MR) is 95.3 cm³/mol. The van der Waals surface area contributed by atoms with Gasteiger partial charge in [0.25, 0.3) is 0 Å². The van der Waals surface area contributed by atoms with Crippen LogP contribution in [0.25, 0.3) is 0 Å². The molecule has 4 N–H and O–H groups in total. The molecule has 0 bridgehead atoms. The lowest BCUT2D eigenvalue weighted by atomic mass is 10.0. The van der Waals surface area contributed by atoms with Gasteiger partial charge in [0.15, 0.2) is 0 Å². The molecule has 2 aromatic rings. The Morgan fingerprint density at radius 1 is 1.28 bits per heavy atom. The Hall–Kier alpha value is -3.09. The van der Waals surface area contributed by atoms with Gasteiger partial charge >= 0.3 is 6.03 Å². The van der Waals surface area contributed by atoms with Gasteiger partial charge in [0, 0.05) is 6.20 Å². The number of hydrogen-bond donors (Lipinski definition) is 3. The van der Waals surface area contributed by atoms with Crippen molar-refractivity contribution in [3.8, 4) is 5.88 Å². The minimum absolute atomic E-state index is 0.0346. The molecule has 0 saturated heterocycles. The second kappa shape index (κ2) is 8.68. The molecule has 1 atom stereocenters. The minimum Gasteiger partial charge on any atom is -0.476 e. The fraction of sp³-hybridized carbons (Fsp3) is 0.278. The molecule has 3 amide bonds. The summed E-state index contributed by atoms with van der Waals surface area (Å²) < 4.78 is 5.39. The van der Waals surface area contributed by atoms with E-state index in [9.17, 15) is 9.59 Å². The van der Waals surface area contributed by atoms with E-state index >= 15 is 0 Å². The van der Waals surface area contributed by atoms with E-state index in [0.29, 0.717) is 18.2 Å². The number of aromatic nitrogens is 1. The summed E-state index contributed by atoms with van der Waals surface area (Å²) in [7, 11) is 0. The van der Waals surface area contributed by atoms with Crippen LogP contribution in [0.1, 0.15) is 30.5 Å². The number of anilines is 1. The van der Waals surface area contributed by atoms with Crippen LogP contribution in [0.15, 0.2) is 42.6 Å². The number of urea groups is 1. The topological polar surface area (TPSA) is 106 Å². The van der Waals surface area contributed by atoms with Gasteiger partial charge in [-0.1, -0.05) is 29.8 Å². The average Bonchev–Trinajstić information content (AvgIpc) is 2.56. The van der Waals surface area contributed by atoms with Gasteiger partial charge in [0.2, 0.25) is 11.8 Å². The molecule has 1 heterocycles. The molecule has 0 aliphatic heterocycles. The zero-order chi connectivity index (χ0) is 18.2. The third-order valence-corrected chi connectivity index (χ3v) is 3.48. The van der Waals surface area contributed by atoms with Crippen LogP contribution >= 0.6 is 0 Å². The highest BCUT2D eigenvalue weighted by Gasteiger charge is 2.19. The Kier molecular flexibility index (Phi) is 6.33. The minimum atomic E-state index is -0.685. The molecule has 0 saturated carbocycles. The molecule has 1 aromatic carbocycles. The molecule has 0 aliphatic rings. The number of aryl methyl sites for hydroxylation is 1. The second-order valence-electron chi connectivity index (χ2n) is 5.52. The average molecular weight is 342 g/mol. The molecule has 0 radical (unpaired) electrons. The van der Waals surface area contributed by atoms with E-state index in [-0.39, 0.29) is 12.3 Å². The predicted octanol–water partition coefficient (Wildman–Crippen LogP) is 2.53. The summed E-state index contributed by atoms with van der Waals surface area (Å²) >= 11 is 0. The first-order chi connectivity index (χ1) is 12.0. The number of primary amides is 1. The van der Waals surface area contributed by atoms with E-state index < -0.39 is 12.1 Å². The maximum absolute atomic E-state index is 12.4. The van der Waals surface area contributed by atoms with Crippen LogP contribution in [0.2, 0.25) is 0 Å². The number of hydrogen-bond acceptors (Lipinski definition) is 4. The zero-order valence-corrected chi connectivity index (χ0v) is 14.3. The molecule has 7 heteroatoms. The molecular formula is C18H22N4O3. The highest BCUT2D eigenvalue weighted by atomic mass is 16.5. The monoisotopic (exact) mass is 342 g/mol. The Bertz CT molecular complexity index is 749. The summed E-state index contributed by atoms with van der Waals surface area (Å²) in [4.78, 5) is 27.8. The third kappa shape index (κ3) is 5.49. The number of rotatable bonds is 7. The quantitative estimate of drug-likeness (QED) is 0.719. The lowest BCUT2D eigenvalue weighted by Gasteiger charge is -2.18. The summed E-state index contributed by atoms with van der Waals surface area (Å²) in [6.45, 7) is 4.22. The summed E-state index contributed by atoms with van der Waals surface area (Å²) in [5.74, 6) is 0.0718. The summed E-state index contributed by atoms with van der Waals surface area (Å²) in [6, 6.07) is 9.76. The van der Waals surface area contributed by atoms with Crippen LogP contribution in [0.4, 0.5) is 10.5 Å². The molecule has 132 valence electrons. The van der Waals surface area contributed by atoms with Crippen LogP contribution in [-0.2, 0) is 4.79 Å². The van der Waals surface area contributed by atoms with Crippen molar-refractivity contribution in [3.05, 3.63) is 53.7 Å². The van der Waals surface area contributed by atoms with E-state index in [1.54, 1.807) is 18.3 Å². The fourth-order valence-electron chi connectivity index (χ4n) is 2.44. The van der Waals surface area contributed by atoms with E-state index in [2.05, 4.69) is 15.6 Å². The molecular weight excluding hydrogens is 320 g/mol. The molecule has 1 aromatic heterocycles. The SMILES string of the molecule is CCOc1ncccc1NC(=O)C[C@H](NC(N)=O)c1cccc(C)c1. The lowest BCUT2D eigenvalue weighted by Crippen LogP contribution is -2.35. The Labute approximate surface area is 146 Å².